The molecule has 1 atom stereocenters. The Morgan fingerprint density at radius 1 is 1.59 bits per heavy atom. The molecule has 0 spiro atoms. The molecule has 96 valence electrons. The molecular formula is C11H18N2O2S2. The van der Waals surface area contributed by atoms with Gasteiger partial charge in [0.25, 0.3) is 0 Å². The maximum absolute atomic E-state index is 11.5. The van der Waals surface area contributed by atoms with Crippen LogP contribution in [-0.4, -0.2) is 26.2 Å². The van der Waals surface area contributed by atoms with Crippen molar-refractivity contribution in [2.45, 2.75) is 36.9 Å². The first-order valence-electron chi connectivity index (χ1n) is 5.74. The summed E-state index contributed by atoms with van der Waals surface area (Å²) in [7, 11) is -3.07. The summed E-state index contributed by atoms with van der Waals surface area (Å²) in [5, 5.41) is 2.14. The molecule has 0 radical (unpaired) electrons. The van der Waals surface area contributed by atoms with Gasteiger partial charge >= 0.3 is 0 Å². The molecule has 1 aromatic rings. The lowest BCUT2D eigenvalue weighted by Crippen LogP contribution is -2.41. The summed E-state index contributed by atoms with van der Waals surface area (Å²) in [5.74, 6) is 0. The summed E-state index contributed by atoms with van der Waals surface area (Å²) in [6.45, 7) is 2.29. The van der Waals surface area contributed by atoms with Crippen LogP contribution >= 0.6 is 11.3 Å². The SMILES string of the molecule is CC(c1nc(C2(CN)CCC2)cs1)S(C)(=O)=O. The molecule has 0 bridgehead atoms. The summed E-state index contributed by atoms with van der Waals surface area (Å²) in [6.07, 6.45) is 4.58. The van der Waals surface area contributed by atoms with Crippen molar-refractivity contribution in [2.75, 3.05) is 12.8 Å². The van der Waals surface area contributed by atoms with Crippen molar-refractivity contribution in [1.29, 1.82) is 0 Å². The van der Waals surface area contributed by atoms with Gasteiger partial charge in [0.1, 0.15) is 10.3 Å². The molecule has 6 heteroatoms. The molecule has 1 aliphatic carbocycles. The number of sulfone groups is 1. The Kier molecular flexibility index (Phi) is 3.31. The second-order valence-electron chi connectivity index (χ2n) is 4.88. The van der Waals surface area contributed by atoms with Crippen LogP contribution in [0.25, 0.3) is 0 Å². The molecule has 1 heterocycles. The molecular weight excluding hydrogens is 256 g/mol. The molecule has 1 unspecified atom stereocenters. The summed E-state index contributed by atoms with van der Waals surface area (Å²) in [4.78, 5) is 4.50. The third kappa shape index (κ3) is 2.26. The number of aromatic nitrogens is 1. The Morgan fingerprint density at radius 2 is 2.24 bits per heavy atom. The van der Waals surface area contributed by atoms with Crippen LogP contribution in [0.4, 0.5) is 0 Å². The van der Waals surface area contributed by atoms with Crippen molar-refractivity contribution in [3.05, 3.63) is 16.1 Å². The van der Waals surface area contributed by atoms with Gasteiger partial charge in [-0.25, -0.2) is 13.4 Å². The first kappa shape index (κ1) is 13.0. The molecule has 2 rings (SSSR count). The van der Waals surface area contributed by atoms with E-state index >= 15 is 0 Å². The van der Waals surface area contributed by atoms with Gasteiger partial charge in [0.15, 0.2) is 9.84 Å². The zero-order chi connectivity index (χ0) is 12.7. The molecule has 0 aliphatic heterocycles. The molecule has 17 heavy (non-hydrogen) atoms. The maximum Gasteiger partial charge on any atom is 0.156 e. The topological polar surface area (TPSA) is 73.0 Å². The van der Waals surface area contributed by atoms with E-state index in [1.54, 1.807) is 6.92 Å². The lowest BCUT2D eigenvalue weighted by Gasteiger charge is -2.39. The minimum atomic E-state index is -3.07. The highest BCUT2D eigenvalue weighted by molar-refractivity contribution is 7.91. The van der Waals surface area contributed by atoms with Crippen molar-refractivity contribution < 1.29 is 8.42 Å². The fourth-order valence-corrected chi connectivity index (χ4v) is 4.06. The van der Waals surface area contributed by atoms with Gasteiger partial charge in [-0.3, -0.25) is 0 Å². The number of hydrogen-bond acceptors (Lipinski definition) is 5. The molecule has 1 saturated carbocycles. The minimum absolute atomic E-state index is 0.0198. The van der Waals surface area contributed by atoms with E-state index in [2.05, 4.69) is 4.98 Å². The maximum atomic E-state index is 11.5. The van der Waals surface area contributed by atoms with Crippen molar-refractivity contribution in [2.24, 2.45) is 5.73 Å². The average Bonchev–Trinajstić information content (AvgIpc) is 2.64. The highest BCUT2D eigenvalue weighted by Gasteiger charge is 2.39. The van der Waals surface area contributed by atoms with Gasteiger partial charge in [-0.15, -0.1) is 11.3 Å². The van der Waals surface area contributed by atoms with Crippen LogP contribution in [0.1, 0.15) is 42.1 Å². The van der Waals surface area contributed by atoms with Gasteiger partial charge in [0.05, 0.1) is 5.69 Å². The molecule has 0 aromatic carbocycles. The van der Waals surface area contributed by atoms with Crippen LogP contribution in [0.5, 0.6) is 0 Å². The van der Waals surface area contributed by atoms with Crippen molar-refractivity contribution in [3.63, 3.8) is 0 Å². The van der Waals surface area contributed by atoms with Gasteiger partial charge in [-0.2, -0.15) is 0 Å². The fraction of sp³-hybridized carbons (Fsp3) is 0.727. The van der Waals surface area contributed by atoms with E-state index in [4.69, 9.17) is 5.73 Å². The molecule has 4 nitrogen and oxygen atoms in total. The van der Waals surface area contributed by atoms with Crippen LogP contribution in [0.15, 0.2) is 5.38 Å². The standard InChI is InChI=1S/C11H18N2O2S2/c1-8(17(2,14)15)10-13-9(6-16-10)11(7-12)4-3-5-11/h6,8H,3-5,7,12H2,1-2H3. The van der Waals surface area contributed by atoms with Crippen molar-refractivity contribution >= 4 is 21.2 Å². The average molecular weight is 274 g/mol. The monoisotopic (exact) mass is 274 g/mol. The third-order valence-electron chi connectivity index (χ3n) is 3.76. The van der Waals surface area contributed by atoms with Gasteiger partial charge in [-0.1, -0.05) is 6.42 Å². The molecule has 0 saturated heterocycles. The Balaban J connectivity index is 2.28. The first-order chi connectivity index (χ1) is 7.89. The van der Waals surface area contributed by atoms with Gasteiger partial charge < -0.3 is 5.73 Å². The van der Waals surface area contributed by atoms with Gasteiger partial charge in [0, 0.05) is 23.6 Å². The number of nitrogens with zero attached hydrogens (tertiary/aromatic N) is 1. The number of thiazole rings is 1. The normalized spacial score (nSPS) is 20.9. The summed E-state index contributed by atoms with van der Waals surface area (Å²) in [6, 6.07) is 0. The number of hydrogen-bond donors (Lipinski definition) is 1. The van der Waals surface area contributed by atoms with Crippen LogP contribution < -0.4 is 5.73 Å². The predicted molar refractivity (Wildman–Crippen MR) is 70.0 cm³/mol. The predicted octanol–water partition coefficient (Wildman–Crippen LogP) is 1.63. The van der Waals surface area contributed by atoms with Crippen LogP contribution in [0.2, 0.25) is 0 Å². The lowest BCUT2D eigenvalue weighted by atomic mass is 9.67. The highest BCUT2D eigenvalue weighted by atomic mass is 32.2. The van der Waals surface area contributed by atoms with Gasteiger partial charge in [0.2, 0.25) is 0 Å². The van der Waals surface area contributed by atoms with Crippen LogP contribution in [-0.2, 0) is 15.3 Å². The summed E-state index contributed by atoms with van der Waals surface area (Å²) in [5.41, 5.74) is 6.83. The molecule has 2 N–H and O–H groups in total. The van der Waals surface area contributed by atoms with Gasteiger partial charge in [-0.05, 0) is 19.8 Å². The molecule has 1 fully saturated rings. The van der Waals surface area contributed by atoms with E-state index in [-0.39, 0.29) is 5.41 Å². The number of nitrogens with two attached hydrogens (primary N) is 1. The molecule has 1 aliphatic rings. The Hall–Kier alpha value is -0.460. The molecule has 0 amide bonds. The summed E-state index contributed by atoms with van der Waals surface area (Å²) >= 11 is 1.43. The second-order valence-corrected chi connectivity index (χ2v) is 8.14. The zero-order valence-corrected chi connectivity index (χ0v) is 11.8. The zero-order valence-electron chi connectivity index (χ0n) is 10.1. The number of rotatable bonds is 4. The van der Waals surface area contributed by atoms with E-state index in [9.17, 15) is 8.42 Å². The second kappa shape index (κ2) is 4.33. The highest BCUT2D eigenvalue weighted by Crippen LogP contribution is 2.43. The summed E-state index contributed by atoms with van der Waals surface area (Å²) < 4.78 is 23.0. The van der Waals surface area contributed by atoms with Crippen molar-refractivity contribution in [3.8, 4) is 0 Å². The fourth-order valence-electron chi connectivity index (χ4n) is 2.07. The first-order valence-corrected chi connectivity index (χ1v) is 8.57. The van der Waals surface area contributed by atoms with E-state index in [0.717, 1.165) is 18.5 Å². The largest absolute Gasteiger partial charge is 0.330 e. The Bertz CT molecular complexity index is 498. The van der Waals surface area contributed by atoms with E-state index in [1.165, 1.54) is 24.0 Å². The van der Waals surface area contributed by atoms with Crippen LogP contribution in [0, 0.1) is 0 Å². The van der Waals surface area contributed by atoms with E-state index in [0.29, 0.717) is 11.6 Å². The Labute approximate surface area is 106 Å². The quantitative estimate of drug-likeness (QED) is 0.905. The van der Waals surface area contributed by atoms with Crippen molar-refractivity contribution in [1.82, 2.24) is 4.98 Å². The molecule has 1 aromatic heterocycles. The van der Waals surface area contributed by atoms with E-state index < -0.39 is 15.1 Å². The lowest BCUT2D eigenvalue weighted by molar-refractivity contribution is 0.246. The third-order valence-corrected chi connectivity index (χ3v) is 6.44. The minimum Gasteiger partial charge on any atom is -0.330 e. The Morgan fingerprint density at radius 3 is 2.65 bits per heavy atom. The van der Waals surface area contributed by atoms with Crippen LogP contribution in [0.3, 0.4) is 0 Å². The van der Waals surface area contributed by atoms with E-state index in [1.807, 2.05) is 5.38 Å². The smallest absolute Gasteiger partial charge is 0.156 e.